The Balaban J connectivity index is 1.67. The topological polar surface area (TPSA) is 112 Å². The monoisotopic (exact) mass is 404 g/mol. The van der Waals surface area contributed by atoms with Crippen LogP contribution in [-0.4, -0.2) is 38.6 Å². The second-order valence-corrected chi connectivity index (χ2v) is 10.4. The first-order valence-corrected chi connectivity index (χ1v) is 10.9. The molecule has 4 rings (SSSR count). The van der Waals surface area contributed by atoms with Crippen LogP contribution in [0.25, 0.3) is 0 Å². The molecule has 0 aromatic heterocycles. The summed E-state index contributed by atoms with van der Waals surface area (Å²) in [7, 11) is 0. The third kappa shape index (κ3) is 2.82. The summed E-state index contributed by atoms with van der Waals surface area (Å²) >= 11 is 0. The van der Waals surface area contributed by atoms with Gasteiger partial charge in [0.2, 0.25) is 0 Å². The molecule has 6 heteroatoms. The molecule has 0 saturated heterocycles. The first-order chi connectivity index (χ1) is 13.5. The molecule has 0 radical (unpaired) electrons. The van der Waals surface area contributed by atoms with E-state index >= 15 is 0 Å². The Labute approximate surface area is 171 Å². The molecule has 0 aliphatic heterocycles. The number of carbonyl (C=O) groups is 3. The third-order valence-corrected chi connectivity index (χ3v) is 9.43. The van der Waals surface area contributed by atoms with Crippen LogP contribution in [0.3, 0.4) is 0 Å². The normalized spacial score (nSPS) is 44.9. The number of aliphatic carboxylic acids is 2. The summed E-state index contributed by atoms with van der Waals surface area (Å²) in [6, 6.07) is 0. The fourth-order valence-corrected chi connectivity index (χ4v) is 7.82. The Morgan fingerprint density at radius 1 is 1.07 bits per heavy atom. The van der Waals surface area contributed by atoms with Crippen LogP contribution in [-0.2, 0) is 14.4 Å². The van der Waals surface area contributed by atoms with Crippen LogP contribution in [0.4, 0.5) is 0 Å². The van der Waals surface area contributed by atoms with Crippen LogP contribution in [0.15, 0.2) is 11.6 Å². The van der Waals surface area contributed by atoms with E-state index in [1.54, 1.807) is 0 Å². The number of aliphatic hydroxyl groups is 1. The first-order valence-electron chi connectivity index (χ1n) is 10.9. The van der Waals surface area contributed by atoms with Gasteiger partial charge in [-0.05, 0) is 74.2 Å². The highest BCUT2D eigenvalue weighted by molar-refractivity contribution is 5.91. The average molecular weight is 405 g/mol. The van der Waals surface area contributed by atoms with Crippen LogP contribution in [0, 0.1) is 34.5 Å². The van der Waals surface area contributed by atoms with Gasteiger partial charge in [0.25, 0.3) is 0 Å². The van der Waals surface area contributed by atoms with Crippen molar-refractivity contribution in [2.75, 3.05) is 0 Å². The minimum Gasteiger partial charge on any atom is -0.481 e. The Bertz CT molecular complexity index is 786. The summed E-state index contributed by atoms with van der Waals surface area (Å²) < 4.78 is 0. The molecule has 0 aromatic carbocycles. The predicted octanol–water partition coefficient (Wildman–Crippen LogP) is 3.42. The fourth-order valence-electron chi connectivity index (χ4n) is 7.82. The van der Waals surface area contributed by atoms with Crippen molar-refractivity contribution in [1.29, 1.82) is 0 Å². The van der Waals surface area contributed by atoms with Gasteiger partial charge < -0.3 is 15.3 Å². The second-order valence-electron chi connectivity index (χ2n) is 10.4. The SMILES string of the molecule is C[C@]12CCC(=O)C=C1CC[C@@H]1[C@@H]2CC[C@@]2(C)[C@H]1CC[C@]2(O)C(CC(=O)O)C(=O)O. The van der Waals surface area contributed by atoms with Gasteiger partial charge in [-0.1, -0.05) is 19.4 Å². The van der Waals surface area contributed by atoms with Gasteiger partial charge in [-0.3, -0.25) is 14.4 Å². The van der Waals surface area contributed by atoms with E-state index in [0.717, 1.165) is 32.1 Å². The van der Waals surface area contributed by atoms with Crippen molar-refractivity contribution < 1.29 is 29.7 Å². The molecule has 0 spiro atoms. The van der Waals surface area contributed by atoms with E-state index in [-0.39, 0.29) is 17.1 Å². The maximum Gasteiger partial charge on any atom is 0.310 e. The smallest absolute Gasteiger partial charge is 0.310 e. The maximum absolute atomic E-state index is 12.0. The summed E-state index contributed by atoms with van der Waals surface area (Å²) in [6.45, 7) is 4.28. The lowest BCUT2D eigenvalue weighted by Crippen LogP contribution is -2.58. The zero-order valence-electron chi connectivity index (χ0n) is 17.3. The molecule has 0 amide bonds. The molecular weight excluding hydrogens is 372 g/mol. The Hall–Kier alpha value is -1.69. The zero-order chi connectivity index (χ0) is 21.2. The Kier molecular flexibility index (Phi) is 4.72. The van der Waals surface area contributed by atoms with Crippen molar-refractivity contribution in [3.05, 3.63) is 11.6 Å². The lowest BCUT2D eigenvalue weighted by atomic mass is 9.45. The molecule has 0 aromatic rings. The van der Waals surface area contributed by atoms with Crippen molar-refractivity contribution in [3.8, 4) is 0 Å². The number of carboxylic acids is 2. The molecule has 3 N–H and O–H groups in total. The number of fused-ring (bicyclic) bond motifs is 5. The van der Waals surface area contributed by atoms with E-state index in [0.29, 0.717) is 31.1 Å². The Morgan fingerprint density at radius 3 is 2.41 bits per heavy atom. The second kappa shape index (κ2) is 6.66. The molecule has 4 aliphatic rings. The predicted molar refractivity (Wildman–Crippen MR) is 105 cm³/mol. The molecule has 29 heavy (non-hydrogen) atoms. The van der Waals surface area contributed by atoms with Crippen molar-refractivity contribution in [2.24, 2.45) is 34.5 Å². The molecule has 4 aliphatic carbocycles. The highest BCUT2D eigenvalue weighted by Gasteiger charge is 2.67. The van der Waals surface area contributed by atoms with Crippen molar-refractivity contribution in [1.82, 2.24) is 0 Å². The van der Waals surface area contributed by atoms with Gasteiger partial charge in [0.15, 0.2) is 5.78 Å². The van der Waals surface area contributed by atoms with E-state index in [4.69, 9.17) is 0 Å². The molecule has 0 heterocycles. The van der Waals surface area contributed by atoms with E-state index in [2.05, 4.69) is 6.92 Å². The summed E-state index contributed by atoms with van der Waals surface area (Å²) in [5, 5.41) is 30.6. The Morgan fingerprint density at radius 2 is 1.76 bits per heavy atom. The van der Waals surface area contributed by atoms with Crippen LogP contribution in [0.1, 0.15) is 71.6 Å². The fraction of sp³-hybridized carbons (Fsp3) is 0.783. The van der Waals surface area contributed by atoms with Crippen molar-refractivity contribution in [3.63, 3.8) is 0 Å². The quantitative estimate of drug-likeness (QED) is 0.662. The average Bonchev–Trinajstić information content (AvgIpc) is 2.92. The lowest BCUT2D eigenvalue weighted by molar-refractivity contribution is -0.182. The molecule has 0 bridgehead atoms. The molecule has 1 unspecified atom stereocenters. The van der Waals surface area contributed by atoms with Gasteiger partial charge in [-0.15, -0.1) is 0 Å². The van der Waals surface area contributed by atoms with Crippen molar-refractivity contribution >= 4 is 17.7 Å². The lowest BCUT2D eigenvalue weighted by Gasteiger charge is -2.59. The maximum atomic E-state index is 12.0. The minimum atomic E-state index is -1.49. The van der Waals surface area contributed by atoms with E-state index in [1.807, 2.05) is 13.0 Å². The standard InChI is InChI=1S/C23H32O6/c1-21-8-5-14(24)11-13(21)3-4-15-16(21)6-9-22(2)17(15)7-10-23(22,29)18(20(27)28)12-19(25)26/h11,15-18,29H,3-10,12H2,1-2H3,(H,25,26)(H,27,28)/t15-,16+,17+,18?,21+,22+,23+/m1/s1. The summed E-state index contributed by atoms with van der Waals surface area (Å²) in [5.74, 6) is -2.43. The largest absolute Gasteiger partial charge is 0.481 e. The van der Waals surface area contributed by atoms with E-state index in [1.165, 1.54) is 5.57 Å². The van der Waals surface area contributed by atoms with Crippen molar-refractivity contribution in [2.45, 2.75) is 77.2 Å². The van der Waals surface area contributed by atoms with Crippen LogP contribution in [0.2, 0.25) is 0 Å². The highest BCUT2D eigenvalue weighted by atomic mass is 16.4. The van der Waals surface area contributed by atoms with Gasteiger partial charge in [0.05, 0.1) is 17.9 Å². The molecule has 7 atom stereocenters. The van der Waals surface area contributed by atoms with Crippen LogP contribution in [0.5, 0.6) is 0 Å². The summed E-state index contributed by atoms with van der Waals surface area (Å²) in [6.07, 6.45) is 7.33. The molecular formula is C23H32O6. The zero-order valence-corrected chi connectivity index (χ0v) is 17.3. The summed E-state index contributed by atoms with van der Waals surface area (Å²) in [4.78, 5) is 35.2. The highest BCUT2D eigenvalue weighted by Crippen LogP contribution is 2.68. The number of ketones is 1. The number of hydrogen-bond acceptors (Lipinski definition) is 4. The first kappa shape index (κ1) is 20.6. The number of carbonyl (C=O) groups excluding carboxylic acids is 1. The number of rotatable bonds is 4. The van der Waals surface area contributed by atoms with E-state index < -0.39 is 35.3 Å². The van der Waals surface area contributed by atoms with Gasteiger partial charge >= 0.3 is 11.9 Å². The van der Waals surface area contributed by atoms with Gasteiger partial charge in [-0.2, -0.15) is 0 Å². The molecule has 3 saturated carbocycles. The number of carboxylic acid groups (broad SMARTS) is 2. The molecule has 6 nitrogen and oxygen atoms in total. The van der Waals surface area contributed by atoms with Gasteiger partial charge in [-0.25, -0.2) is 0 Å². The summed E-state index contributed by atoms with van der Waals surface area (Å²) in [5.41, 5.74) is -0.783. The number of hydrogen-bond donors (Lipinski definition) is 3. The van der Waals surface area contributed by atoms with Gasteiger partial charge in [0.1, 0.15) is 0 Å². The minimum absolute atomic E-state index is 0.0200. The third-order valence-electron chi connectivity index (χ3n) is 9.43. The van der Waals surface area contributed by atoms with Gasteiger partial charge in [0, 0.05) is 11.8 Å². The number of allylic oxidation sites excluding steroid dienone is 1. The molecule has 3 fully saturated rings. The van der Waals surface area contributed by atoms with Crippen LogP contribution >= 0.6 is 0 Å². The van der Waals surface area contributed by atoms with E-state index in [9.17, 15) is 29.7 Å². The van der Waals surface area contributed by atoms with Crippen LogP contribution < -0.4 is 0 Å². The molecule has 160 valence electrons.